The standard InChI is InChI=1S/C42H56N2O6/c1-29(31-18-13-11-14-19-31)49-43-39(3,4)25-35(26-40(43,5)6)47-37(45)33-22-17-23-34(24-33)38(46)48-36-27-41(7,8)44(42(9,10)28-36)50-30(2)32-20-15-12-16-21-32/h11-24,29-30,35-36H,25-28H2,1-10H3. The van der Waals surface area contributed by atoms with Crippen molar-refractivity contribution in [1.82, 2.24) is 10.1 Å². The van der Waals surface area contributed by atoms with Gasteiger partial charge in [0.15, 0.2) is 0 Å². The number of hydrogen-bond donors (Lipinski definition) is 0. The molecule has 2 aliphatic heterocycles. The Morgan fingerprint density at radius 2 is 0.860 bits per heavy atom. The molecule has 3 aromatic rings. The molecule has 2 heterocycles. The van der Waals surface area contributed by atoms with E-state index in [1.54, 1.807) is 24.3 Å². The molecule has 0 saturated carbocycles. The van der Waals surface area contributed by atoms with Gasteiger partial charge in [0.2, 0.25) is 0 Å². The zero-order valence-electron chi connectivity index (χ0n) is 31.6. The maximum Gasteiger partial charge on any atom is 0.338 e. The van der Waals surface area contributed by atoms with Gasteiger partial charge in [0.25, 0.3) is 0 Å². The summed E-state index contributed by atoms with van der Waals surface area (Å²) in [5, 5.41) is 4.14. The lowest BCUT2D eigenvalue weighted by molar-refractivity contribution is -0.313. The Hall–Kier alpha value is -3.56. The van der Waals surface area contributed by atoms with E-state index >= 15 is 0 Å². The van der Waals surface area contributed by atoms with Crippen molar-refractivity contribution >= 4 is 11.9 Å². The number of rotatable bonds is 10. The van der Waals surface area contributed by atoms with Gasteiger partial charge in [-0.1, -0.05) is 66.7 Å². The predicted molar refractivity (Wildman–Crippen MR) is 195 cm³/mol. The fourth-order valence-corrected chi connectivity index (χ4v) is 8.18. The van der Waals surface area contributed by atoms with E-state index in [1.165, 1.54) is 0 Å². The lowest BCUT2D eigenvalue weighted by atomic mass is 9.80. The van der Waals surface area contributed by atoms with E-state index in [1.807, 2.05) is 36.4 Å². The van der Waals surface area contributed by atoms with Crippen LogP contribution in [0.15, 0.2) is 84.9 Å². The van der Waals surface area contributed by atoms with E-state index in [0.717, 1.165) is 11.1 Å². The number of hydroxylamine groups is 4. The van der Waals surface area contributed by atoms with Crippen LogP contribution in [0.3, 0.4) is 0 Å². The second kappa shape index (κ2) is 14.6. The van der Waals surface area contributed by atoms with Crippen LogP contribution in [-0.4, -0.2) is 56.4 Å². The van der Waals surface area contributed by atoms with Crippen LogP contribution in [0.2, 0.25) is 0 Å². The maximum absolute atomic E-state index is 13.5. The van der Waals surface area contributed by atoms with E-state index in [0.29, 0.717) is 36.8 Å². The van der Waals surface area contributed by atoms with E-state index in [2.05, 4.69) is 104 Å². The molecule has 3 aromatic carbocycles. The maximum atomic E-state index is 13.5. The van der Waals surface area contributed by atoms with Crippen molar-refractivity contribution in [2.75, 3.05) is 0 Å². The van der Waals surface area contributed by atoms with Gasteiger partial charge < -0.3 is 9.47 Å². The number of ether oxygens (including phenoxy) is 2. The highest BCUT2D eigenvalue weighted by atomic mass is 16.7. The predicted octanol–water partition coefficient (Wildman–Crippen LogP) is 9.43. The molecule has 0 bridgehead atoms. The van der Waals surface area contributed by atoms with Crippen LogP contribution >= 0.6 is 0 Å². The van der Waals surface area contributed by atoms with E-state index in [9.17, 15) is 9.59 Å². The van der Waals surface area contributed by atoms with E-state index < -0.39 is 34.1 Å². The quantitative estimate of drug-likeness (QED) is 0.196. The molecule has 2 saturated heterocycles. The SMILES string of the molecule is CC(ON1C(C)(C)CC(OC(=O)c2cccc(C(=O)OC3CC(C)(C)N(OC(C)c4ccccc4)C(C)(C)C3)c2)CC1(C)C)c1ccccc1. The van der Waals surface area contributed by atoms with Crippen molar-refractivity contribution in [3.63, 3.8) is 0 Å². The summed E-state index contributed by atoms with van der Waals surface area (Å²) in [5.74, 6) is -0.910. The van der Waals surface area contributed by atoms with Gasteiger partial charge >= 0.3 is 11.9 Å². The minimum atomic E-state index is -0.455. The summed E-state index contributed by atoms with van der Waals surface area (Å²) in [5.41, 5.74) is 1.26. The van der Waals surface area contributed by atoms with Crippen molar-refractivity contribution in [2.24, 2.45) is 0 Å². The normalized spacial score (nSPS) is 22.0. The Bertz CT molecular complexity index is 1470. The molecule has 50 heavy (non-hydrogen) atoms. The molecule has 8 nitrogen and oxygen atoms in total. The Morgan fingerprint density at radius 3 is 1.18 bits per heavy atom. The van der Waals surface area contributed by atoms with Gasteiger partial charge in [0, 0.05) is 47.8 Å². The lowest BCUT2D eigenvalue weighted by Crippen LogP contribution is -2.62. The van der Waals surface area contributed by atoms with Gasteiger partial charge in [-0.15, -0.1) is 0 Å². The van der Waals surface area contributed by atoms with Crippen molar-refractivity contribution in [3.05, 3.63) is 107 Å². The molecule has 2 atom stereocenters. The number of piperidine rings is 2. The van der Waals surface area contributed by atoms with Gasteiger partial charge in [-0.25, -0.2) is 9.59 Å². The third-order valence-corrected chi connectivity index (χ3v) is 10.1. The molecule has 2 unspecified atom stereocenters. The summed E-state index contributed by atoms with van der Waals surface area (Å²) >= 11 is 0. The summed E-state index contributed by atoms with van der Waals surface area (Å²) in [4.78, 5) is 40.1. The third-order valence-electron chi connectivity index (χ3n) is 10.1. The average molecular weight is 685 g/mol. The van der Waals surface area contributed by atoms with Gasteiger partial charge in [-0.05, 0) is 98.6 Å². The fourth-order valence-electron chi connectivity index (χ4n) is 8.18. The zero-order chi connectivity index (χ0) is 36.5. The molecular weight excluding hydrogens is 628 g/mol. The second-order valence-corrected chi connectivity index (χ2v) is 16.6. The Labute approximate surface area is 298 Å². The minimum absolute atomic E-state index is 0.127. The number of carbonyl (C=O) groups is 2. The zero-order valence-corrected chi connectivity index (χ0v) is 31.6. The van der Waals surface area contributed by atoms with Crippen molar-refractivity contribution in [2.45, 2.75) is 141 Å². The molecule has 2 fully saturated rings. The number of esters is 2. The minimum Gasteiger partial charge on any atom is -0.459 e. The lowest BCUT2D eigenvalue weighted by Gasteiger charge is -2.54. The molecule has 5 rings (SSSR count). The summed E-state index contributed by atoms with van der Waals surface area (Å²) in [6.07, 6.45) is 1.50. The first-order chi connectivity index (χ1) is 23.4. The molecule has 0 radical (unpaired) electrons. The Balaban J connectivity index is 1.20. The summed E-state index contributed by atoms with van der Waals surface area (Å²) in [6, 6.07) is 27.0. The van der Waals surface area contributed by atoms with Crippen LogP contribution in [0.4, 0.5) is 0 Å². The first kappa shape index (κ1) is 37.7. The number of carbonyl (C=O) groups excluding carboxylic acids is 2. The summed E-state index contributed by atoms with van der Waals surface area (Å²) in [6.45, 7) is 21.0. The first-order valence-corrected chi connectivity index (χ1v) is 17.9. The molecule has 0 N–H and O–H groups in total. The van der Waals surface area contributed by atoms with Crippen molar-refractivity contribution in [3.8, 4) is 0 Å². The summed E-state index contributed by atoms with van der Waals surface area (Å²) in [7, 11) is 0. The highest BCUT2D eigenvalue weighted by Gasteiger charge is 2.50. The number of hydrogen-bond acceptors (Lipinski definition) is 8. The first-order valence-electron chi connectivity index (χ1n) is 17.9. The van der Waals surface area contributed by atoms with Crippen LogP contribution in [0.5, 0.6) is 0 Å². The van der Waals surface area contributed by atoms with Crippen LogP contribution in [0.1, 0.15) is 139 Å². The largest absolute Gasteiger partial charge is 0.459 e. The smallest absolute Gasteiger partial charge is 0.338 e. The van der Waals surface area contributed by atoms with Gasteiger partial charge in [-0.2, -0.15) is 10.1 Å². The van der Waals surface area contributed by atoms with Crippen LogP contribution in [-0.2, 0) is 19.1 Å². The highest BCUT2D eigenvalue weighted by molar-refractivity contribution is 5.95. The number of benzene rings is 3. The molecule has 0 spiro atoms. The average Bonchev–Trinajstić information content (AvgIpc) is 3.04. The van der Waals surface area contributed by atoms with E-state index in [4.69, 9.17) is 19.1 Å². The third kappa shape index (κ3) is 8.65. The monoisotopic (exact) mass is 684 g/mol. The van der Waals surface area contributed by atoms with Crippen LogP contribution in [0, 0.1) is 0 Å². The van der Waals surface area contributed by atoms with Crippen molar-refractivity contribution in [1.29, 1.82) is 0 Å². The molecule has 0 aliphatic carbocycles. The summed E-state index contributed by atoms with van der Waals surface area (Å²) < 4.78 is 12.2. The topological polar surface area (TPSA) is 77.5 Å². The Morgan fingerprint density at radius 1 is 0.540 bits per heavy atom. The second-order valence-electron chi connectivity index (χ2n) is 16.6. The molecular formula is C42H56N2O6. The van der Waals surface area contributed by atoms with Crippen LogP contribution < -0.4 is 0 Å². The molecule has 270 valence electrons. The van der Waals surface area contributed by atoms with Gasteiger partial charge in [0.1, 0.15) is 24.4 Å². The van der Waals surface area contributed by atoms with Gasteiger partial charge in [0.05, 0.1) is 11.1 Å². The molecule has 8 heteroatoms. The van der Waals surface area contributed by atoms with E-state index in [-0.39, 0.29) is 24.4 Å². The van der Waals surface area contributed by atoms with Crippen LogP contribution in [0.25, 0.3) is 0 Å². The van der Waals surface area contributed by atoms with Gasteiger partial charge in [-0.3, -0.25) is 9.68 Å². The molecule has 0 amide bonds. The fraction of sp³-hybridized carbons (Fsp3) is 0.524. The number of nitrogens with zero attached hydrogens (tertiary/aromatic N) is 2. The van der Waals surface area contributed by atoms with Crippen molar-refractivity contribution < 1.29 is 28.7 Å². The molecule has 2 aliphatic rings. The Kier molecular flexibility index (Phi) is 11.0. The molecule has 0 aromatic heterocycles. The highest BCUT2D eigenvalue weighted by Crippen LogP contribution is 2.43.